The number of anilines is 3. The number of thiophene rings is 1. The summed E-state index contributed by atoms with van der Waals surface area (Å²) in [6.45, 7) is 0. The van der Waals surface area contributed by atoms with E-state index >= 15 is 0 Å². The van der Waals surface area contributed by atoms with Crippen molar-refractivity contribution in [3.8, 4) is 27.9 Å². The minimum absolute atomic E-state index is 0.900. The minimum Gasteiger partial charge on any atom is -0.454 e. The number of nitrogens with zero attached hydrogens (tertiary/aromatic N) is 2. The molecule has 0 N–H and O–H groups in total. The number of hydrogen-bond donors (Lipinski definition) is 0. The molecule has 0 aliphatic heterocycles. The zero-order valence-electron chi connectivity index (χ0n) is 31.3. The van der Waals surface area contributed by atoms with Gasteiger partial charge in [-0.1, -0.05) is 140 Å². The van der Waals surface area contributed by atoms with E-state index in [1.54, 1.807) is 0 Å². The van der Waals surface area contributed by atoms with Crippen molar-refractivity contribution in [3.63, 3.8) is 0 Å². The summed E-state index contributed by atoms with van der Waals surface area (Å²) >= 11 is 1.86. The molecule has 0 unspecified atom stereocenters. The van der Waals surface area contributed by atoms with E-state index in [0.29, 0.717) is 0 Å². The van der Waals surface area contributed by atoms with Crippen molar-refractivity contribution in [1.82, 2.24) is 4.57 Å². The van der Waals surface area contributed by atoms with Crippen molar-refractivity contribution in [1.29, 1.82) is 0 Å². The van der Waals surface area contributed by atoms with Gasteiger partial charge in [-0.3, -0.25) is 0 Å². The Labute approximate surface area is 338 Å². The Bertz CT molecular complexity index is 3500. The molecule has 12 aromatic rings. The van der Waals surface area contributed by atoms with Crippen LogP contribution in [0.3, 0.4) is 0 Å². The maximum Gasteiger partial charge on any atom is 0.159 e. The normalized spacial score (nSPS) is 11.8. The summed E-state index contributed by atoms with van der Waals surface area (Å²) < 4.78 is 11.5. The molecule has 0 saturated heterocycles. The van der Waals surface area contributed by atoms with Gasteiger partial charge in [0, 0.05) is 48.4 Å². The minimum atomic E-state index is 0.900. The molecule has 0 aliphatic carbocycles. The van der Waals surface area contributed by atoms with E-state index in [9.17, 15) is 0 Å². The van der Waals surface area contributed by atoms with Crippen LogP contribution in [0.1, 0.15) is 0 Å². The number of furan rings is 1. The van der Waals surface area contributed by atoms with Gasteiger partial charge in [0.25, 0.3) is 0 Å². The second-order valence-corrected chi connectivity index (χ2v) is 15.9. The Morgan fingerprint density at radius 3 is 1.79 bits per heavy atom. The zero-order valence-corrected chi connectivity index (χ0v) is 32.2. The van der Waals surface area contributed by atoms with Crippen LogP contribution in [0.5, 0.6) is 0 Å². The van der Waals surface area contributed by atoms with Crippen molar-refractivity contribution < 1.29 is 4.42 Å². The maximum absolute atomic E-state index is 6.53. The Kier molecular flexibility index (Phi) is 7.40. The average Bonchev–Trinajstić information content (AvgIpc) is 3.97. The first-order chi connectivity index (χ1) is 28.8. The second kappa shape index (κ2) is 13.1. The molecular formula is C54H34N2OS. The van der Waals surface area contributed by atoms with Crippen LogP contribution in [0.25, 0.3) is 91.9 Å². The molecule has 272 valence electrons. The van der Waals surface area contributed by atoms with Gasteiger partial charge in [0.1, 0.15) is 5.58 Å². The van der Waals surface area contributed by atoms with Crippen LogP contribution in [-0.4, -0.2) is 4.57 Å². The lowest BCUT2D eigenvalue weighted by molar-refractivity contribution is 0.666. The van der Waals surface area contributed by atoms with Gasteiger partial charge in [-0.15, -0.1) is 11.3 Å². The third-order valence-electron chi connectivity index (χ3n) is 11.6. The number of para-hydroxylation sites is 3. The van der Waals surface area contributed by atoms with E-state index in [2.05, 4.69) is 204 Å². The van der Waals surface area contributed by atoms with Crippen molar-refractivity contribution in [2.75, 3.05) is 4.90 Å². The van der Waals surface area contributed by atoms with E-state index in [-0.39, 0.29) is 0 Å². The lowest BCUT2D eigenvalue weighted by Gasteiger charge is -2.26. The monoisotopic (exact) mass is 758 g/mol. The Hall–Kier alpha value is -7.40. The number of hydrogen-bond acceptors (Lipinski definition) is 3. The Balaban J connectivity index is 0.980. The van der Waals surface area contributed by atoms with Gasteiger partial charge in [-0.25, -0.2) is 0 Å². The van der Waals surface area contributed by atoms with Crippen LogP contribution in [-0.2, 0) is 0 Å². The van der Waals surface area contributed by atoms with E-state index in [1.807, 2.05) is 23.5 Å². The molecule has 58 heavy (non-hydrogen) atoms. The van der Waals surface area contributed by atoms with E-state index in [1.165, 1.54) is 58.9 Å². The van der Waals surface area contributed by atoms with Crippen molar-refractivity contribution in [3.05, 3.63) is 206 Å². The summed E-state index contributed by atoms with van der Waals surface area (Å²) in [7, 11) is 0. The summed E-state index contributed by atoms with van der Waals surface area (Å²) in [6.07, 6.45) is 0. The first kappa shape index (κ1) is 32.8. The molecule has 0 spiro atoms. The van der Waals surface area contributed by atoms with Gasteiger partial charge < -0.3 is 13.9 Å². The van der Waals surface area contributed by atoms with Crippen LogP contribution in [0.2, 0.25) is 0 Å². The third kappa shape index (κ3) is 5.12. The molecule has 12 rings (SSSR count). The van der Waals surface area contributed by atoms with E-state index in [4.69, 9.17) is 4.42 Å². The number of aromatic nitrogens is 1. The molecule has 9 aromatic carbocycles. The molecule has 0 atom stereocenters. The quantitative estimate of drug-likeness (QED) is 0.168. The number of fused-ring (bicyclic) bond motifs is 9. The molecule has 0 saturated carbocycles. The summed E-state index contributed by atoms with van der Waals surface area (Å²) in [4.78, 5) is 2.41. The molecule has 3 nitrogen and oxygen atoms in total. The first-order valence-electron chi connectivity index (χ1n) is 19.7. The molecule has 0 bridgehead atoms. The van der Waals surface area contributed by atoms with Crippen LogP contribution in [0.15, 0.2) is 211 Å². The van der Waals surface area contributed by atoms with Crippen molar-refractivity contribution in [2.45, 2.75) is 0 Å². The van der Waals surface area contributed by atoms with Crippen molar-refractivity contribution in [2.24, 2.45) is 0 Å². The highest BCUT2D eigenvalue weighted by molar-refractivity contribution is 7.26. The number of benzene rings is 9. The molecule has 0 fully saturated rings. The fourth-order valence-corrected chi connectivity index (χ4v) is 10.1. The molecule has 3 heterocycles. The van der Waals surface area contributed by atoms with Gasteiger partial charge >= 0.3 is 0 Å². The number of rotatable bonds is 6. The fraction of sp³-hybridized carbons (Fsp3) is 0. The van der Waals surface area contributed by atoms with E-state index < -0.39 is 0 Å². The van der Waals surface area contributed by atoms with Gasteiger partial charge in [0.15, 0.2) is 5.58 Å². The van der Waals surface area contributed by atoms with Gasteiger partial charge in [-0.05, 0) is 89.0 Å². The average molecular weight is 759 g/mol. The molecule has 0 radical (unpaired) electrons. The van der Waals surface area contributed by atoms with Crippen LogP contribution >= 0.6 is 11.3 Å². The molecule has 3 aromatic heterocycles. The van der Waals surface area contributed by atoms with E-state index in [0.717, 1.165) is 50.0 Å². The SMILES string of the molecule is c1ccc(-c2ccc(N(c3ccc(-c4ccc5c(c4)c4ccccc4n5-c4cccc5c4oc4ccccc45)cc3)c3cccc4c3sc3ccccc34)cc2)cc1. The maximum atomic E-state index is 6.53. The summed E-state index contributed by atoms with van der Waals surface area (Å²) in [5.74, 6) is 0. The lowest BCUT2D eigenvalue weighted by Crippen LogP contribution is -2.10. The first-order valence-corrected chi connectivity index (χ1v) is 20.5. The van der Waals surface area contributed by atoms with Gasteiger partial charge in [0.05, 0.1) is 27.1 Å². The van der Waals surface area contributed by atoms with Gasteiger partial charge in [0.2, 0.25) is 0 Å². The molecule has 4 heteroatoms. The molecule has 0 aliphatic rings. The van der Waals surface area contributed by atoms with Crippen molar-refractivity contribution >= 4 is 92.3 Å². The smallest absolute Gasteiger partial charge is 0.159 e. The fourth-order valence-electron chi connectivity index (χ4n) is 8.89. The van der Waals surface area contributed by atoms with Crippen LogP contribution < -0.4 is 4.90 Å². The predicted molar refractivity (Wildman–Crippen MR) is 247 cm³/mol. The third-order valence-corrected chi connectivity index (χ3v) is 12.8. The second-order valence-electron chi connectivity index (χ2n) is 14.9. The lowest BCUT2D eigenvalue weighted by atomic mass is 10.0. The summed E-state index contributed by atoms with van der Waals surface area (Å²) in [5.41, 5.74) is 13.3. The highest BCUT2D eigenvalue weighted by Gasteiger charge is 2.20. The highest BCUT2D eigenvalue weighted by Crippen LogP contribution is 2.46. The molecule has 0 amide bonds. The predicted octanol–water partition coefficient (Wildman–Crippen LogP) is 15.9. The highest BCUT2D eigenvalue weighted by atomic mass is 32.1. The zero-order chi connectivity index (χ0) is 38.2. The summed E-state index contributed by atoms with van der Waals surface area (Å²) in [5, 5.41) is 7.26. The topological polar surface area (TPSA) is 21.3 Å². The van der Waals surface area contributed by atoms with Gasteiger partial charge in [-0.2, -0.15) is 0 Å². The van der Waals surface area contributed by atoms with Crippen LogP contribution in [0, 0.1) is 0 Å². The van der Waals surface area contributed by atoms with Crippen LogP contribution in [0.4, 0.5) is 17.1 Å². The Morgan fingerprint density at radius 1 is 0.397 bits per heavy atom. The Morgan fingerprint density at radius 2 is 0.983 bits per heavy atom. The molecular weight excluding hydrogens is 725 g/mol. The summed E-state index contributed by atoms with van der Waals surface area (Å²) in [6, 6.07) is 74.4. The standard InChI is InChI=1S/C54H34N2OS/c1-2-12-35(13-3-1)36-24-29-39(30-25-36)55(50-21-11-18-45-43-16-6-9-23-52(43)58-54(45)50)40-31-26-37(27-32-40)38-28-33-48-46(34-38)41-14-4-7-19-47(41)56(48)49-20-10-17-44-42-15-5-8-22-51(42)57-53(44)49/h1-34H. The largest absolute Gasteiger partial charge is 0.454 e.